The molecule has 0 bridgehead atoms. The van der Waals surface area contributed by atoms with Crippen LogP contribution in [0, 0.1) is 0 Å². The molecule has 0 aliphatic heterocycles. The standard InChI is InChI=1S/C52H92NO9P/c1-3-5-7-9-11-13-15-17-19-21-23-24-25-27-29-31-33-35-37-39-41-43-45-59-46-49(47-60-63(57,58)61-48-50(53)52(55)56)62-51(54)44-42-40-38-36-34-32-30-28-26-22-20-18-16-14-12-10-8-6-4-2/h5,7,11,13,17,19,23-24,27,29,33,35,49-50H,3-4,6,8-10,12,14-16,18,20-22,25-26,28,30-32,34,36-48,53H2,1-2H3,(H,55,56)(H,57,58)/b7-5-,13-11-,19-17-,24-23-,29-27-,35-33-. The number of hydrogen-bond donors (Lipinski definition) is 3. The average molecular weight is 906 g/mol. The third-order valence-electron chi connectivity index (χ3n) is 10.5. The van der Waals surface area contributed by atoms with Gasteiger partial charge in [-0.15, -0.1) is 0 Å². The number of carbonyl (C=O) groups excluding carboxylic acids is 1. The van der Waals surface area contributed by atoms with Gasteiger partial charge in [0.05, 0.1) is 19.8 Å². The van der Waals surface area contributed by atoms with E-state index in [0.717, 1.165) is 83.5 Å². The highest BCUT2D eigenvalue weighted by Crippen LogP contribution is 2.43. The second kappa shape index (κ2) is 47.4. The predicted octanol–water partition coefficient (Wildman–Crippen LogP) is 14.5. The SMILES string of the molecule is CC/C=C\C/C=C\C/C=C\C/C=C\C/C=C\C/C=C\CCCCCOCC(COP(=O)(O)OCC(N)C(=O)O)OC(=O)CCCCCCCCCCCCCCCCCCCCC. The minimum atomic E-state index is -4.63. The summed E-state index contributed by atoms with van der Waals surface area (Å²) in [6.45, 7) is 3.70. The molecule has 0 fully saturated rings. The normalized spacial score (nSPS) is 14.3. The molecule has 0 saturated carbocycles. The molecule has 0 radical (unpaired) electrons. The lowest BCUT2D eigenvalue weighted by molar-refractivity contribution is -0.154. The maximum atomic E-state index is 12.7. The molecule has 3 unspecified atom stereocenters. The lowest BCUT2D eigenvalue weighted by atomic mass is 10.0. The van der Waals surface area contributed by atoms with Crippen LogP contribution in [-0.2, 0) is 32.7 Å². The van der Waals surface area contributed by atoms with Crippen LogP contribution >= 0.6 is 7.82 Å². The van der Waals surface area contributed by atoms with Crippen LogP contribution in [0.1, 0.15) is 206 Å². The first-order valence-corrected chi connectivity index (χ1v) is 26.5. The van der Waals surface area contributed by atoms with Gasteiger partial charge in [0, 0.05) is 13.0 Å². The fourth-order valence-electron chi connectivity index (χ4n) is 6.67. The van der Waals surface area contributed by atoms with Gasteiger partial charge in [-0.3, -0.25) is 18.6 Å². The number of ether oxygens (including phenoxy) is 2. The Labute approximate surface area is 384 Å². The van der Waals surface area contributed by atoms with Crippen molar-refractivity contribution in [1.82, 2.24) is 0 Å². The zero-order chi connectivity index (χ0) is 46.2. The fourth-order valence-corrected chi connectivity index (χ4v) is 7.44. The summed E-state index contributed by atoms with van der Waals surface area (Å²) in [5.74, 6) is -1.79. The van der Waals surface area contributed by atoms with Crippen LogP contribution in [0.5, 0.6) is 0 Å². The van der Waals surface area contributed by atoms with Crippen LogP contribution in [0.25, 0.3) is 0 Å². The van der Waals surface area contributed by atoms with Crippen molar-refractivity contribution < 1.29 is 42.7 Å². The van der Waals surface area contributed by atoms with Gasteiger partial charge in [-0.2, -0.15) is 0 Å². The van der Waals surface area contributed by atoms with E-state index in [1.54, 1.807) is 0 Å². The van der Waals surface area contributed by atoms with E-state index in [1.807, 2.05) is 0 Å². The van der Waals surface area contributed by atoms with Gasteiger partial charge >= 0.3 is 19.8 Å². The van der Waals surface area contributed by atoms with Crippen molar-refractivity contribution in [1.29, 1.82) is 0 Å². The minimum absolute atomic E-state index is 0.00722. The maximum Gasteiger partial charge on any atom is 0.472 e. The second-order valence-electron chi connectivity index (χ2n) is 16.6. The molecule has 4 N–H and O–H groups in total. The Morgan fingerprint density at radius 1 is 0.524 bits per heavy atom. The molecule has 0 aromatic carbocycles. The number of aliphatic carboxylic acids is 1. The third-order valence-corrected chi connectivity index (χ3v) is 11.5. The number of carboxylic acid groups (broad SMARTS) is 1. The van der Waals surface area contributed by atoms with Crippen LogP contribution < -0.4 is 5.73 Å². The molecule has 11 heteroatoms. The number of esters is 1. The highest BCUT2D eigenvalue weighted by Gasteiger charge is 2.27. The first-order chi connectivity index (χ1) is 30.7. The Morgan fingerprint density at radius 2 is 0.921 bits per heavy atom. The zero-order valence-corrected chi connectivity index (χ0v) is 40.8. The number of carboxylic acids is 1. The van der Waals surface area contributed by atoms with Gasteiger partial charge < -0.3 is 25.2 Å². The first kappa shape index (κ1) is 60.4. The summed E-state index contributed by atoms with van der Waals surface area (Å²) in [5, 5.41) is 8.92. The van der Waals surface area contributed by atoms with E-state index in [2.05, 4.69) is 86.8 Å². The van der Waals surface area contributed by atoms with E-state index in [4.69, 9.17) is 29.4 Å². The molecule has 0 aromatic heterocycles. The molecular weight excluding hydrogens is 814 g/mol. The van der Waals surface area contributed by atoms with Gasteiger partial charge in [0.25, 0.3) is 0 Å². The highest BCUT2D eigenvalue weighted by molar-refractivity contribution is 7.47. The van der Waals surface area contributed by atoms with Crippen molar-refractivity contribution in [2.45, 2.75) is 219 Å². The Hall–Kier alpha value is -2.59. The molecule has 63 heavy (non-hydrogen) atoms. The first-order valence-electron chi connectivity index (χ1n) is 25.0. The van der Waals surface area contributed by atoms with Gasteiger partial charge in [0.15, 0.2) is 0 Å². The van der Waals surface area contributed by atoms with Crippen molar-refractivity contribution in [2.24, 2.45) is 5.73 Å². The summed E-state index contributed by atoms with van der Waals surface area (Å²) in [6, 6.07) is -1.48. The van der Waals surface area contributed by atoms with Gasteiger partial charge in [0.1, 0.15) is 12.1 Å². The smallest absolute Gasteiger partial charge is 0.472 e. The van der Waals surface area contributed by atoms with Crippen molar-refractivity contribution in [2.75, 3.05) is 26.4 Å². The number of hydrogen-bond acceptors (Lipinski definition) is 8. The van der Waals surface area contributed by atoms with E-state index in [9.17, 15) is 19.0 Å². The van der Waals surface area contributed by atoms with Crippen LogP contribution in [0.3, 0.4) is 0 Å². The monoisotopic (exact) mass is 906 g/mol. The van der Waals surface area contributed by atoms with E-state index >= 15 is 0 Å². The molecule has 0 saturated heterocycles. The van der Waals surface area contributed by atoms with E-state index < -0.39 is 45.1 Å². The molecule has 0 aromatic rings. The van der Waals surface area contributed by atoms with Gasteiger partial charge in [-0.05, 0) is 64.2 Å². The fraction of sp³-hybridized carbons (Fsp3) is 0.731. The summed E-state index contributed by atoms with van der Waals surface area (Å²) in [6.07, 6.45) is 59.6. The van der Waals surface area contributed by atoms with Crippen LogP contribution in [0.4, 0.5) is 0 Å². The Balaban J connectivity index is 4.24. The molecule has 0 spiro atoms. The molecule has 3 atom stereocenters. The summed E-state index contributed by atoms with van der Waals surface area (Å²) in [4.78, 5) is 33.7. The number of unbranched alkanes of at least 4 members (excludes halogenated alkanes) is 21. The van der Waals surface area contributed by atoms with Crippen molar-refractivity contribution in [3.8, 4) is 0 Å². The van der Waals surface area contributed by atoms with Gasteiger partial charge in [-0.25, -0.2) is 4.57 Å². The Kier molecular flexibility index (Phi) is 45.4. The number of phosphoric ester groups is 1. The second-order valence-corrected chi connectivity index (χ2v) is 18.0. The van der Waals surface area contributed by atoms with Crippen LogP contribution in [0.15, 0.2) is 72.9 Å². The summed E-state index contributed by atoms with van der Waals surface area (Å²) in [5.41, 5.74) is 5.37. The molecule has 0 heterocycles. The minimum Gasteiger partial charge on any atom is -0.480 e. The molecule has 0 rings (SSSR count). The topological polar surface area (TPSA) is 155 Å². The number of nitrogens with two attached hydrogens (primary N) is 1. The quantitative estimate of drug-likeness (QED) is 0.0233. The summed E-state index contributed by atoms with van der Waals surface area (Å²) < 4.78 is 33.4. The van der Waals surface area contributed by atoms with E-state index in [-0.39, 0.29) is 13.0 Å². The van der Waals surface area contributed by atoms with Crippen LogP contribution in [-0.4, -0.2) is 60.5 Å². The van der Waals surface area contributed by atoms with Crippen molar-refractivity contribution in [3.63, 3.8) is 0 Å². The molecule has 364 valence electrons. The lowest BCUT2D eigenvalue weighted by Crippen LogP contribution is -2.34. The van der Waals surface area contributed by atoms with Crippen LogP contribution in [0.2, 0.25) is 0 Å². The number of rotatable bonds is 47. The molecule has 0 amide bonds. The highest BCUT2D eigenvalue weighted by atomic mass is 31.2. The Morgan fingerprint density at radius 3 is 1.37 bits per heavy atom. The summed E-state index contributed by atoms with van der Waals surface area (Å²) >= 11 is 0. The lowest BCUT2D eigenvalue weighted by Gasteiger charge is -2.20. The molecule has 0 aliphatic carbocycles. The molecule has 0 aliphatic rings. The van der Waals surface area contributed by atoms with Gasteiger partial charge in [0.2, 0.25) is 0 Å². The molecule has 10 nitrogen and oxygen atoms in total. The third kappa shape index (κ3) is 47.2. The number of allylic oxidation sites excluding steroid dienone is 12. The maximum absolute atomic E-state index is 12.7. The zero-order valence-electron chi connectivity index (χ0n) is 39.9. The Bertz CT molecular complexity index is 1280. The van der Waals surface area contributed by atoms with Crippen molar-refractivity contribution >= 4 is 19.8 Å². The molecular formula is C52H92NO9P. The number of carbonyl (C=O) groups is 2. The number of phosphoric acid groups is 1. The van der Waals surface area contributed by atoms with Crippen molar-refractivity contribution in [3.05, 3.63) is 72.9 Å². The largest absolute Gasteiger partial charge is 0.480 e. The van der Waals surface area contributed by atoms with E-state index in [0.29, 0.717) is 13.0 Å². The average Bonchev–Trinajstić information content (AvgIpc) is 3.26. The van der Waals surface area contributed by atoms with E-state index in [1.165, 1.54) is 96.3 Å². The predicted molar refractivity (Wildman–Crippen MR) is 263 cm³/mol. The van der Waals surface area contributed by atoms with Gasteiger partial charge in [-0.1, -0.05) is 209 Å². The summed E-state index contributed by atoms with van der Waals surface area (Å²) in [7, 11) is -4.63.